The number of hydrogen-bond donors (Lipinski definition) is 0. The van der Waals surface area contributed by atoms with E-state index >= 15 is 0 Å². The highest BCUT2D eigenvalue weighted by Crippen LogP contribution is 2.26. The molecule has 2 rings (SSSR count). The smallest absolute Gasteiger partial charge is 0.127 e. The van der Waals surface area contributed by atoms with Gasteiger partial charge in [0.25, 0.3) is 0 Å². The lowest BCUT2D eigenvalue weighted by atomic mass is 10.3. The Labute approximate surface area is 112 Å². The predicted octanol–water partition coefficient (Wildman–Crippen LogP) is 4.79. The van der Waals surface area contributed by atoms with Gasteiger partial charge in [0.2, 0.25) is 0 Å². The predicted molar refractivity (Wildman–Crippen MR) is 73.9 cm³/mol. The first-order valence-corrected chi connectivity index (χ1v) is 6.74. The second-order valence-electron chi connectivity index (χ2n) is 4.22. The Morgan fingerprint density at radius 2 is 2.18 bits per heavy atom. The van der Waals surface area contributed by atoms with Gasteiger partial charge in [0.05, 0.1) is 16.4 Å². The number of rotatable bonds is 4. The Morgan fingerprint density at radius 3 is 2.82 bits per heavy atom. The Hall–Kier alpha value is -0.730. The second-order valence-corrected chi connectivity index (χ2v) is 5.32. The number of fused-ring (bicyclic) bond motifs is 1. The zero-order valence-corrected chi connectivity index (χ0v) is 11.6. The lowest BCUT2D eigenvalue weighted by molar-refractivity contribution is 0.616. The second kappa shape index (κ2) is 5.28. The molecule has 0 spiro atoms. The number of nitrogens with zero attached hydrogens (tertiary/aromatic N) is 2. The van der Waals surface area contributed by atoms with Gasteiger partial charge in [-0.1, -0.05) is 24.9 Å². The van der Waals surface area contributed by atoms with Crippen molar-refractivity contribution in [2.45, 2.75) is 38.6 Å². The van der Waals surface area contributed by atoms with E-state index in [2.05, 4.69) is 16.5 Å². The van der Waals surface area contributed by atoms with Gasteiger partial charge in [-0.2, -0.15) is 0 Å². The van der Waals surface area contributed by atoms with E-state index in [4.69, 9.17) is 23.2 Å². The summed E-state index contributed by atoms with van der Waals surface area (Å²) in [4.78, 5) is 4.57. The molecule has 0 aliphatic rings. The summed E-state index contributed by atoms with van der Waals surface area (Å²) in [5, 5.41) is 0.629. The number of hydrogen-bond acceptors (Lipinski definition) is 1. The largest absolute Gasteiger partial charge is 0.327 e. The Kier molecular flexibility index (Phi) is 3.95. The maximum absolute atomic E-state index is 6.18. The van der Waals surface area contributed by atoms with Gasteiger partial charge in [-0.25, -0.2) is 4.98 Å². The van der Waals surface area contributed by atoms with Crippen molar-refractivity contribution in [2.75, 3.05) is 0 Å². The number of benzene rings is 1. The van der Waals surface area contributed by atoms with E-state index in [1.807, 2.05) is 25.1 Å². The first kappa shape index (κ1) is 12.7. The van der Waals surface area contributed by atoms with Crippen LogP contribution in [-0.4, -0.2) is 9.55 Å². The van der Waals surface area contributed by atoms with Crippen LogP contribution >= 0.6 is 23.2 Å². The van der Waals surface area contributed by atoms with Crippen molar-refractivity contribution in [3.05, 3.63) is 29.0 Å². The first-order valence-electron chi connectivity index (χ1n) is 5.93. The van der Waals surface area contributed by atoms with E-state index in [0.29, 0.717) is 5.02 Å². The van der Waals surface area contributed by atoms with Gasteiger partial charge in [0.1, 0.15) is 5.82 Å². The average Bonchev–Trinajstić information content (AvgIpc) is 2.64. The van der Waals surface area contributed by atoms with E-state index in [1.165, 1.54) is 0 Å². The van der Waals surface area contributed by atoms with Crippen LogP contribution < -0.4 is 0 Å². The molecule has 1 aromatic carbocycles. The minimum Gasteiger partial charge on any atom is -0.327 e. The van der Waals surface area contributed by atoms with Crippen LogP contribution in [-0.2, 0) is 6.54 Å². The maximum atomic E-state index is 6.18. The third-order valence-corrected chi connectivity index (χ3v) is 3.26. The lowest BCUT2D eigenvalue weighted by Crippen LogP contribution is -2.04. The molecule has 0 aliphatic heterocycles. The van der Waals surface area contributed by atoms with Gasteiger partial charge >= 0.3 is 0 Å². The summed E-state index contributed by atoms with van der Waals surface area (Å²) < 4.78 is 2.20. The van der Waals surface area contributed by atoms with Gasteiger partial charge in [0.15, 0.2) is 0 Å². The Bertz CT molecular complexity index is 517. The van der Waals surface area contributed by atoms with E-state index < -0.39 is 0 Å². The molecule has 1 aromatic heterocycles. The number of imidazole rings is 1. The molecule has 0 saturated heterocycles. The molecular formula is C13H16Cl2N2. The normalized spacial score (nSPS) is 13.2. The van der Waals surface area contributed by atoms with Gasteiger partial charge in [-0.15, -0.1) is 11.6 Å². The van der Waals surface area contributed by atoms with Crippen LogP contribution in [0.2, 0.25) is 5.02 Å². The third kappa shape index (κ3) is 2.58. The summed E-state index contributed by atoms with van der Waals surface area (Å²) >= 11 is 12.2. The van der Waals surface area contributed by atoms with E-state index in [9.17, 15) is 0 Å². The van der Waals surface area contributed by atoms with Crippen LogP contribution in [0.3, 0.4) is 0 Å². The molecule has 0 amide bonds. The quantitative estimate of drug-likeness (QED) is 0.731. The molecule has 0 unspecified atom stereocenters. The molecule has 0 saturated carbocycles. The Balaban J connectivity index is 2.54. The van der Waals surface area contributed by atoms with E-state index in [-0.39, 0.29) is 5.38 Å². The SMILES string of the molecule is CCCCn1c([C@@H](C)Cl)nc2cc(Cl)ccc21. The molecule has 0 fully saturated rings. The van der Waals surface area contributed by atoms with Crippen LogP contribution in [0.5, 0.6) is 0 Å². The van der Waals surface area contributed by atoms with Crippen LogP contribution in [0.4, 0.5) is 0 Å². The molecule has 0 bridgehead atoms. The molecule has 1 heterocycles. The van der Waals surface area contributed by atoms with Gasteiger partial charge < -0.3 is 4.57 Å². The van der Waals surface area contributed by atoms with Crippen molar-refractivity contribution in [1.82, 2.24) is 9.55 Å². The number of halogens is 2. The molecule has 0 aliphatic carbocycles. The van der Waals surface area contributed by atoms with Crippen molar-refractivity contribution >= 4 is 34.2 Å². The molecule has 0 N–H and O–H groups in total. The topological polar surface area (TPSA) is 17.8 Å². The lowest BCUT2D eigenvalue weighted by Gasteiger charge is -2.09. The molecule has 2 nitrogen and oxygen atoms in total. The van der Waals surface area contributed by atoms with Crippen molar-refractivity contribution in [3.63, 3.8) is 0 Å². The summed E-state index contributed by atoms with van der Waals surface area (Å²) in [6, 6.07) is 5.81. The molecule has 92 valence electrons. The van der Waals surface area contributed by atoms with Gasteiger partial charge in [-0.05, 0) is 31.5 Å². The molecular weight excluding hydrogens is 255 g/mol. The van der Waals surface area contributed by atoms with Crippen LogP contribution in [0, 0.1) is 0 Å². The minimum absolute atomic E-state index is 0.0852. The fraction of sp³-hybridized carbons (Fsp3) is 0.462. The first-order chi connectivity index (χ1) is 8.13. The van der Waals surface area contributed by atoms with Crippen molar-refractivity contribution in [3.8, 4) is 0 Å². The molecule has 4 heteroatoms. The number of aryl methyl sites for hydroxylation is 1. The fourth-order valence-electron chi connectivity index (χ4n) is 1.98. The molecule has 1 atom stereocenters. The fourth-order valence-corrected chi connectivity index (χ4v) is 2.31. The van der Waals surface area contributed by atoms with Crippen LogP contribution in [0.25, 0.3) is 11.0 Å². The summed E-state index contributed by atoms with van der Waals surface area (Å²) in [7, 11) is 0. The molecule has 17 heavy (non-hydrogen) atoms. The minimum atomic E-state index is -0.0852. The maximum Gasteiger partial charge on any atom is 0.127 e. The summed E-state index contributed by atoms with van der Waals surface area (Å²) in [5.74, 6) is 0.928. The Morgan fingerprint density at radius 1 is 1.41 bits per heavy atom. The summed E-state index contributed by atoms with van der Waals surface area (Å²) in [6.07, 6.45) is 2.29. The number of unbranched alkanes of at least 4 members (excludes halogenated alkanes) is 1. The van der Waals surface area contributed by atoms with E-state index in [0.717, 1.165) is 36.2 Å². The number of alkyl halides is 1. The average molecular weight is 271 g/mol. The molecule has 0 radical (unpaired) electrons. The van der Waals surface area contributed by atoms with Crippen LogP contribution in [0.1, 0.15) is 37.9 Å². The standard InChI is InChI=1S/C13H16Cl2N2/c1-3-4-7-17-12-6-5-10(15)8-11(12)16-13(17)9(2)14/h5-6,8-9H,3-4,7H2,1-2H3/t9-/m1/s1. The highest BCUT2D eigenvalue weighted by atomic mass is 35.5. The zero-order chi connectivity index (χ0) is 12.4. The van der Waals surface area contributed by atoms with Crippen molar-refractivity contribution in [2.24, 2.45) is 0 Å². The highest BCUT2D eigenvalue weighted by Gasteiger charge is 2.14. The third-order valence-electron chi connectivity index (χ3n) is 2.83. The van der Waals surface area contributed by atoms with Gasteiger partial charge in [0, 0.05) is 11.6 Å². The zero-order valence-electron chi connectivity index (χ0n) is 10.1. The highest BCUT2D eigenvalue weighted by molar-refractivity contribution is 6.31. The monoisotopic (exact) mass is 270 g/mol. The summed E-state index contributed by atoms with van der Waals surface area (Å²) in [6.45, 7) is 5.09. The van der Waals surface area contributed by atoms with E-state index in [1.54, 1.807) is 0 Å². The van der Waals surface area contributed by atoms with Crippen LogP contribution in [0.15, 0.2) is 18.2 Å². The molecule has 2 aromatic rings. The van der Waals surface area contributed by atoms with Crippen molar-refractivity contribution < 1.29 is 0 Å². The van der Waals surface area contributed by atoms with Crippen molar-refractivity contribution in [1.29, 1.82) is 0 Å². The van der Waals surface area contributed by atoms with Gasteiger partial charge in [-0.3, -0.25) is 0 Å². The number of aromatic nitrogens is 2. The summed E-state index contributed by atoms with van der Waals surface area (Å²) in [5.41, 5.74) is 2.04.